The summed E-state index contributed by atoms with van der Waals surface area (Å²) in [5.74, 6) is -0.386. The Kier molecular flexibility index (Phi) is 7.81. The number of nitrogens with one attached hydrogen (secondary N) is 1. The number of carbonyl (C=O) groups excluding carboxylic acids is 1. The molecule has 1 amide bonds. The van der Waals surface area contributed by atoms with Crippen molar-refractivity contribution < 1.29 is 13.2 Å². The fourth-order valence-corrected chi connectivity index (χ4v) is 4.94. The Morgan fingerprint density at radius 1 is 1.03 bits per heavy atom. The maximum absolute atomic E-state index is 13.1. The van der Waals surface area contributed by atoms with Crippen molar-refractivity contribution >= 4 is 49.9 Å². The van der Waals surface area contributed by atoms with E-state index in [-0.39, 0.29) is 17.3 Å². The molecule has 3 aromatic rings. The molecule has 0 saturated heterocycles. The summed E-state index contributed by atoms with van der Waals surface area (Å²) in [5.41, 5.74) is 4.94. The highest BCUT2D eigenvalue weighted by molar-refractivity contribution is 14.1. The highest BCUT2D eigenvalue weighted by Gasteiger charge is 2.23. The summed E-state index contributed by atoms with van der Waals surface area (Å²) in [6.07, 6.45) is 1.52. The van der Waals surface area contributed by atoms with Crippen LogP contribution in [-0.4, -0.2) is 26.6 Å². The lowest BCUT2D eigenvalue weighted by molar-refractivity contribution is 0.0955. The molecule has 0 aliphatic rings. The quantitative estimate of drug-likeness (QED) is 0.186. The van der Waals surface area contributed by atoms with Gasteiger partial charge in [0.15, 0.2) is 0 Å². The van der Waals surface area contributed by atoms with Crippen molar-refractivity contribution in [3.8, 4) is 0 Å². The van der Waals surface area contributed by atoms with Crippen LogP contribution in [-0.2, 0) is 10.0 Å². The summed E-state index contributed by atoms with van der Waals surface area (Å²) >= 11 is 2.22. The van der Waals surface area contributed by atoms with E-state index in [0.717, 1.165) is 9.13 Å². The van der Waals surface area contributed by atoms with Crippen molar-refractivity contribution in [1.29, 1.82) is 0 Å². The van der Waals surface area contributed by atoms with Gasteiger partial charge in [0, 0.05) is 9.13 Å². The summed E-state index contributed by atoms with van der Waals surface area (Å²) in [6.45, 7) is 5.58. The molecule has 0 fully saturated rings. The number of rotatable bonds is 8. The summed E-state index contributed by atoms with van der Waals surface area (Å²) in [5, 5.41) is 4.17. The Balaban J connectivity index is 1.78. The monoisotopic (exact) mass is 559 g/mol. The topological polar surface area (TPSA) is 78.8 Å². The van der Waals surface area contributed by atoms with Crippen LogP contribution in [0.5, 0.6) is 0 Å². The van der Waals surface area contributed by atoms with Crippen LogP contribution < -0.4 is 9.73 Å². The molecule has 0 aliphatic carbocycles. The average Bonchev–Trinajstić information content (AvgIpc) is 2.81. The average molecular weight is 559 g/mol. The molecule has 0 radical (unpaired) electrons. The van der Waals surface area contributed by atoms with Gasteiger partial charge in [-0.1, -0.05) is 36.4 Å². The van der Waals surface area contributed by atoms with Crippen molar-refractivity contribution in [1.82, 2.24) is 5.43 Å². The molecular weight excluding hydrogens is 537 g/mol. The number of halogens is 1. The molecule has 1 N–H and O–H groups in total. The minimum absolute atomic E-state index is 0.0993. The minimum Gasteiger partial charge on any atom is -0.267 e. The molecule has 164 valence electrons. The molecular formula is C24H22IN3O3S. The van der Waals surface area contributed by atoms with Gasteiger partial charge >= 0.3 is 0 Å². The number of hydrazone groups is 1. The van der Waals surface area contributed by atoms with Gasteiger partial charge < -0.3 is 0 Å². The second-order valence-corrected chi connectivity index (χ2v) is 9.94. The van der Waals surface area contributed by atoms with Gasteiger partial charge in [0.25, 0.3) is 15.9 Å². The van der Waals surface area contributed by atoms with E-state index in [1.165, 1.54) is 10.4 Å². The molecule has 0 aliphatic heterocycles. The molecule has 0 aromatic heterocycles. The van der Waals surface area contributed by atoms with E-state index in [9.17, 15) is 13.2 Å². The van der Waals surface area contributed by atoms with Crippen molar-refractivity contribution in [2.24, 2.45) is 5.10 Å². The number of nitrogens with zero attached hydrogens (tertiary/aromatic N) is 2. The third-order valence-corrected chi connectivity index (χ3v) is 7.09. The smallest absolute Gasteiger partial charge is 0.267 e. The minimum atomic E-state index is -3.77. The normalized spacial score (nSPS) is 11.6. The van der Waals surface area contributed by atoms with Crippen LogP contribution in [0, 0.1) is 3.57 Å². The summed E-state index contributed by atoms with van der Waals surface area (Å²) in [7, 11) is -3.77. The lowest BCUT2D eigenvalue weighted by Crippen LogP contribution is -2.31. The van der Waals surface area contributed by atoms with Crippen molar-refractivity contribution in [3.63, 3.8) is 0 Å². The Labute approximate surface area is 201 Å². The fourth-order valence-electron chi connectivity index (χ4n) is 2.94. The Hall–Kier alpha value is -2.98. The lowest BCUT2D eigenvalue weighted by atomic mass is 10.1. The van der Waals surface area contributed by atoms with E-state index in [0.29, 0.717) is 17.0 Å². The van der Waals surface area contributed by atoms with Crippen molar-refractivity contribution in [3.05, 3.63) is 106 Å². The van der Waals surface area contributed by atoms with E-state index in [1.54, 1.807) is 54.6 Å². The molecule has 0 atom stereocenters. The van der Waals surface area contributed by atoms with Crippen LogP contribution in [0.1, 0.15) is 22.8 Å². The largest absolute Gasteiger partial charge is 0.271 e. The van der Waals surface area contributed by atoms with Gasteiger partial charge in [-0.05, 0) is 83.6 Å². The number of carbonyl (C=O) groups is 1. The van der Waals surface area contributed by atoms with Gasteiger partial charge in [-0.25, -0.2) is 13.8 Å². The van der Waals surface area contributed by atoms with Crippen molar-refractivity contribution in [2.75, 3.05) is 10.8 Å². The molecule has 32 heavy (non-hydrogen) atoms. The number of amides is 1. The van der Waals surface area contributed by atoms with Crippen LogP contribution in [0.2, 0.25) is 0 Å². The molecule has 0 saturated carbocycles. The predicted octanol–water partition coefficient (Wildman–Crippen LogP) is 4.83. The first-order valence-corrected chi connectivity index (χ1v) is 12.2. The van der Waals surface area contributed by atoms with E-state index < -0.39 is 10.0 Å². The van der Waals surface area contributed by atoms with E-state index in [2.05, 4.69) is 39.7 Å². The number of hydrogen-bond donors (Lipinski definition) is 1. The van der Waals surface area contributed by atoms with Gasteiger partial charge in [-0.2, -0.15) is 5.10 Å². The molecule has 8 heteroatoms. The van der Waals surface area contributed by atoms with Crippen LogP contribution in [0.15, 0.2) is 102 Å². The molecule has 0 unspecified atom stereocenters. The summed E-state index contributed by atoms with van der Waals surface area (Å²) in [6, 6.07) is 22.3. The highest BCUT2D eigenvalue weighted by Crippen LogP contribution is 2.24. The standard InChI is InChI=1S/C24H22IN3O3S/c1-3-16-28(32(30,31)23-10-5-4-6-11-23)22-14-12-19(13-15-22)24(29)27-26-18(2)20-8-7-9-21(25)17-20/h3-15,17H,1,16H2,2H3,(H,27,29)/b26-18-. The van der Waals surface area contributed by atoms with Crippen LogP contribution in [0.4, 0.5) is 5.69 Å². The zero-order chi connectivity index (χ0) is 23.1. The SMILES string of the molecule is C=CCN(c1ccc(C(=O)N/N=C(/C)c2cccc(I)c2)cc1)S(=O)(=O)c1ccccc1. The Morgan fingerprint density at radius 2 is 1.72 bits per heavy atom. The second-order valence-electron chi connectivity index (χ2n) is 6.83. The molecule has 0 bridgehead atoms. The van der Waals surface area contributed by atoms with Gasteiger partial charge in [0.2, 0.25) is 0 Å². The lowest BCUT2D eigenvalue weighted by Gasteiger charge is -2.23. The van der Waals surface area contributed by atoms with E-state index in [1.807, 2.05) is 31.2 Å². The summed E-state index contributed by atoms with van der Waals surface area (Å²) < 4.78 is 28.4. The molecule has 0 spiro atoms. The third kappa shape index (κ3) is 5.63. The van der Waals surface area contributed by atoms with Gasteiger partial charge in [-0.3, -0.25) is 9.10 Å². The van der Waals surface area contributed by atoms with Crippen LogP contribution in [0.25, 0.3) is 0 Å². The predicted molar refractivity (Wildman–Crippen MR) is 136 cm³/mol. The highest BCUT2D eigenvalue weighted by atomic mass is 127. The van der Waals surface area contributed by atoms with Gasteiger partial charge in [-0.15, -0.1) is 6.58 Å². The molecule has 3 rings (SSSR count). The third-order valence-electron chi connectivity index (χ3n) is 4.61. The second kappa shape index (κ2) is 10.6. The summed E-state index contributed by atoms with van der Waals surface area (Å²) in [4.78, 5) is 12.7. The maximum Gasteiger partial charge on any atom is 0.271 e. The number of sulfonamides is 1. The fraction of sp³-hybridized carbons (Fsp3) is 0.0833. The zero-order valence-corrected chi connectivity index (χ0v) is 20.4. The number of benzene rings is 3. The van der Waals surface area contributed by atoms with Crippen LogP contribution >= 0.6 is 22.6 Å². The first-order valence-electron chi connectivity index (χ1n) is 9.72. The van der Waals surface area contributed by atoms with Gasteiger partial charge in [0.05, 0.1) is 22.8 Å². The van der Waals surface area contributed by atoms with Crippen LogP contribution in [0.3, 0.4) is 0 Å². The molecule has 6 nitrogen and oxygen atoms in total. The first-order chi connectivity index (χ1) is 15.3. The van der Waals surface area contributed by atoms with E-state index >= 15 is 0 Å². The number of hydrogen-bond acceptors (Lipinski definition) is 4. The van der Waals surface area contributed by atoms with Gasteiger partial charge in [0.1, 0.15) is 0 Å². The number of anilines is 1. The van der Waals surface area contributed by atoms with Crippen molar-refractivity contribution in [2.45, 2.75) is 11.8 Å². The van der Waals surface area contributed by atoms with E-state index in [4.69, 9.17) is 0 Å². The maximum atomic E-state index is 13.1. The zero-order valence-electron chi connectivity index (χ0n) is 17.4. The Bertz CT molecular complexity index is 1240. The Morgan fingerprint density at radius 3 is 2.34 bits per heavy atom. The molecule has 0 heterocycles. The molecule has 3 aromatic carbocycles. The first kappa shape index (κ1) is 23.7.